The van der Waals surface area contributed by atoms with Crippen LogP contribution in [0.25, 0.3) is 0 Å². The van der Waals surface area contributed by atoms with Crippen LogP contribution in [-0.2, 0) is 0 Å². The lowest BCUT2D eigenvalue weighted by molar-refractivity contribution is -0.269. The second-order valence-corrected chi connectivity index (χ2v) is 3.21. The van der Waals surface area contributed by atoms with E-state index in [9.17, 15) is 9.90 Å². The molecule has 1 N–H and O–H groups in total. The number of hydrogen-bond acceptors (Lipinski definition) is 4. The molecule has 0 saturated carbocycles. The highest BCUT2D eigenvalue weighted by Crippen LogP contribution is 2.18. The predicted octanol–water partition coefficient (Wildman–Crippen LogP) is -0.267. The molecule has 0 aromatic carbocycles. The zero-order chi connectivity index (χ0) is 9.84. The van der Waals surface area contributed by atoms with Gasteiger partial charge in [0.25, 0.3) is 0 Å². The third-order valence-electron chi connectivity index (χ3n) is 2.31. The molecule has 6 nitrogen and oxygen atoms in total. The molecule has 2 unspecified atom stereocenters. The summed E-state index contributed by atoms with van der Waals surface area (Å²) in [6.07, 6.45) is 0.364. The molecule has 1 aliphatic rings. The van der Waals surface area contributed by atoms with Gasteiger partial charge >= 0.3 is 0 Å². The molecule has 1 rings (SSSR count). The molecular weight excluding hydrogens is 172 g/mol. The van der Waals surface area contributed by atoms with Crippen molar-refractivity contribution >= 4 is 6.09 Å². The van der Waals surface area contributed by atoms with E-state index in [-0.39, 0.29) is 12.1 Å². The van der Waals surface area contributed by atoms with E-state index in [1.807, 2.05) is 6.92 Å². The Morgan fingerprint density at radius 2 is 2.38 bits per heavy atom. The van der Waals surface area contributed by atoms with Gasteiger partial charge in [0.2, 0.25) is 4.91 Å². The van der Waals surface area contributed by atoms with Gasteiger partial charge in [-0.25, -0.2) is 0 Å². The third-order valence-corrected chi connectivity index (χ3v) is 2.31. The summed E-state index contributed by atoms with van der Waals surface area (Å²) in [6.45, 7) is 2.13. The van der Waals surface area contributed by atoms with E-state index in [2.05, 4.69) is 10.0 Å². The Hall–Kier alpha value is -1.42. The van der Waals surface area contributed by atoms with Crippen LogP contribution in [0, 0.1) is 5.53 Å². The lowest BCUT2D eigenvalue weighted by atomic mass is 10.0. The average Bonchev–Trinajstić information content (AvgIpc) is 2.08. The summed E-state index contributed by atoms with van der Waals surface area (Å²) in [5, 5.41) is 14.2. The first-order valence-corrected chi connectivity index (χ1v) is 4.19. The zero-order valence-electron chi connectivity index (χ0n) is 7.43. The smallest absolute Gasteiger partial charge is 0.214 e. The Kier molecular flexibility index (Phi) is 2.97. The first-order valence-electron chi connectivity index (χ1n) is 4.19. The molecule has 0 radical (unpaired) electrons. The fraction of sp³-hybridized carbons (Fsp3) is 0.857. The van der Waals surface area contributed by atoms with Crippen molar-refractivity contribution in [2.75, 3.05) is 6.54 Å². The monoisotopic (exact) mass is 184 g/mol. The summed E-state index contributed by atoms with van der Waals surface area (Å²) >= 11 is 0. The molecule has 1 heterocycles. The molecule has 72 valence electrons. The summed E-state index contributed by atoms with van der Waals surface area (Å²) in [6, 6.07) is -0.186. The molecule has 0 spiro atoms. The van der Waals surface area contributed by atoms with Gasteiger partial charge in [-0.15, -0.1) is 0 Å². The van der Waals surface area contributed by atoms with Crippen molar-refractivity contribution in [1.29, 1.82) is 5.53 Å². The molecule has 1 aliphatic heterocycles. The second-order valence-electron chi connectivity index (χ2n) is 3.21. The van der Waals surface area contributed by atoms with Gasteiger partial charge in [0, 0.05) is 12.6 Å². The molecule has 13 heavy (non-hydrogen) atoms. The van der Waals surface area contributed by atoms with Gasteiger partial charge in [-0.1, -0.05) is 0 Å². The Bertz CT molecular complexity index is 249. The minimum absolute atomic E-state index is 0.0119. The quantitative estimate of drug-likeness (QED) is 0.448. The highest BCUT2D eigenvalue weighted by Gasteiger charge is 2.27. The number of hydrogen-bond donors (Lipinski definition) is 1. The molecule has 0 aromatic heterocycles. The fourth-order valence-corrected chi connectivity index (χ4v) is 1.52. The topological polar surface area (TPSA) is 93.7 Å². The summed E-state index contributed by atoms with van der Waals surface area (Å²) in [4.78, 5) is 14.8. The minimum atomic E-state index is -1.17. The number of likely N-dealkylation sites (tertiary alicyclic amines) is 1. The number of nitrogens with zero attached hydrogens (tertiary/aromatic N) is 3. The Morgan fingerprint density at radius 1 is 1.69 bits per heavy atom. The van der Waals surface area contributed by atoms with Crippen LogP contribution < -0.4 is 10.0 Å². The van der Waals surface area contributed by atoms with Crippen LogP contribution in [0.4, 0.5) is 4.79 Å². The van der Waals surface area contributed by atoms with Crippen LogP contribution in [0.1, 0.15) is 19.8 Å². The van der Waals surface area contributed by atoms with Crippen LogP contribution in [0.3, 0.4) is 0 Å². The number of carbonyl (C=O) groups is 1. The summed E-state index contributed by atoms with van der Waals surface area (Å²) in [5.74, 6) is 0. The van der Waals surface area contributed by atoms with Gasteiger partial charge in [0.1, 0.15) is 16.7 Å². The van der Waals surface area contributed by atoms with E-state index < -0.39 is 6.09 Å². The fourth-order valence-electron chi connectivity index (χ4n) is 1.52. The van der Waals surface area contributed by atoms with E-state index in [4.69, 9.17) is 5.53 Å². The van der Waals surface area contributed by atoms with Gasteiger partial charge in [-0.3, -0.25) is 0 Å². The molecule has 1 fully saturated rings. The number of piperidine rings is 1. The van der Waals surface area contributed by atoms with Crippen molar-refractivity contribution in [1.82, 2.24) is 9.81 Å². The first-order chi connectivity index (χ1) is 6.15. The van der Waals surface area contributed by atoms with Crippen LogP contribution in [0.15, 0.2) is 5.11 Å². The lowest BCUT2D eigenvalue weighted by Crippen LogP contribution is -2.52. The van der Waals surface area contributed by atoms with Crippen molar-refractivity contribution < 1.29 is 9.90 Å². The molecular formula is C7H12N4O2. The number of nitrogens with one attached hydrogen (secondary N) is 1. The van der Waals surface area contributed by atoms with Crippen molar-refractivity contribution in [3.05, 3.63) is 0 Å². The van der Waals surface area contributed by atoms with Crippen molar-refractivity contribution in [2.24, 2.45) is 5.11 Å². The Balaban J connectivity index is 2.62. The summed E-state index contributed by atoms with van der Waals surface area (Å²) < 4.78 is 0. The molecule has 1 amide bonds. The van der Waals surface area contributed by atoms with Gasteiger partial charge < -0.3 is 14.8 Å². The van der Waals surface area contributed by atoms with Crippen molar-refractivity contribution in [2.45, 2.75) is 31.8 Å². The Morgan fingerprint density at radius 3 is 2.92 bits per heavy atom. The predicted molar refractivity (Wildman–Crippen MR) is 41.9 cm³/mol. The molecule has 6 heteroatoms. The number of amides is 1. The third kappa shape index (κ3) is 2.26. The van der Waals surface area contributed by atoms with Crippen LogP contribution >= 0.6 is 0 Å². The van der Waals surface area contributed by atoms with E-state index in [1.54, 1.807) is 0 Å². The minimum Gasteiger partial charge on any atom is -0.530 e. The maximum Gasteiger partial charge on any atom is 0.214 e. The van der Waals surface area contributed by atoms with Crippen molar-refractivity contribution in [3.63, 3.8) is 0 Å². The average molecular weight is 184 g/mol. The molecule has 2 atom stereocenters. The van der Waals surface area contributed by atoms with Crippen LogP contribution in [-0.4, -0.2) is 29.6 Å². The highest BCUT2D eigenvalue weighted by atomic mass is 16.4. The van der Waals surface area contributed by atoms with Gasteiger partial charge in [0.05, 0.1) is 0 Å². The number of carbonyl (C=O) groups excluding carboxylic acids is 1. The lowest BCUT2D eigenvalue weighted by Gasteiger charge is -2.36. The van der Waals surface area contributed by atoms with E-state index >= 15 is 0 Å². The van der Waals surface area contributed by atoms with Gasteiger partial charge in [0.15, 0.2) is 6.04 Å². The van der Waals surface area contributed by atoms with E-state index in [0.717, 1.165) is 12.8 Å². The van der Waals surface area contributed by atoms with Crippen LogP contribution in [0.5, 0.6) is 0 Å². The van der Waals surface area contributed by atoms with Gasteiger partial charge in [-0.05, 0) is 19.8 Å². The Labute approximate surface area is 75.8 Å². The zero-order valence-corrected chi connectivity index (χ0v) is 7.43. The molecule has 1 saturated heterocycles. The van der Waals surface area contributed by atoms with Gasteiger partial charge in [-0.2, -0.15) is 0 Å². The number of rotatable bonds is 1. The summed E-state index contributed by atoms with van der Waals surface area (Å²) in [5.41, 5.74) is 6.54. The van der Waals surface area contributed by atoms with Crippen LogP contribution in [0.2, 0.25) is 0 Å². The van der Waals surface area contributed by atoms with Crippen molar-refractivity contribution in [3.8, 4) is 0 Å². The highest BCUT2D eigenvalue weighted by molar-refractivity contribution is 5.63. The molecule has 0 aliphatic carbocycles. The van der Waals surface area contributed by atoms with E-state index in [1.165, 1.54) is 4.90 Å². The largest absolute Gasteiger partial charge is 0.530 e. The standard InChI is InChI=1S/C7H12N4O2/c1-5-2-3-6(9-10-8)4-11(5)7(12)13/h5-6,8H,2-4H2,1H3. The maximum atomic E-state index is 10.6. The maximum absolute atomic E-state index is 10.6. The van der Waals surface area contributed by atoms with E-state index in [0.29, 0.717) is 6.54 Å². The SMILES string of the molecule is CC1CCC(N=[N+]=N)CN1C(=O)[O-]. The normalized spacial score (nSPS) is 27.9. The number of carboxylic acid groups (broad SMARTS) is 1. The molecule has 0 aromatic rings. The molecule has 0 bridgehead atoms. The second kappa shape index (κ2) is 4.00. The summed E-state index contributed by atoms with van der Waals surface area (Å²) in [7, 11) is 0. The first kappa shape index (κ1) is 9.67.